The lowest BCUT2D eigenvalue weighted by atomic mass is 9.91. The molecule has 1 aromatic heterocycles. The van der Waals surface area contributed by atoms with E-state index in [1.807, 2.05) is 11.7 Å². The van der Waals surface area contributed by atoms with Crippen LogP contribution < -0.4 is 5.32 Å². The van der Waals surface area contributed by atoms with Gasteiger partial charge in [-0.1, -0.05) is 0 Å². The van der Waals surface area contributed by atoms with Gasteiger partial charge < -0.3 is 10.1 Å². The Hall–Kier alpha value is -0.870. The van der Waals surface area contributed by atoms with Crippen LogP contribution in [0.4, 0.5) is 0 Å². The van der Waals surface area contributed by atoms with Crippen LogP contribution in [-0.4, -0.2) is 29.5 Å². The van der Waals surface area contributed by atoms with Gasteiger partial charge >= 0.3 is 0 Å². The predicted molar refractivity (Wildman–Crippen MR) is 66.0 cm³/mol. The van der Waals surface area contributed by atoms with Crippen molar-refractivity contribution < 1.29 is 4.74 Å². The number of aryl methyl sites for hydroxylation is 1. The second kappa shape index (κ2) is 4.78. The van der Waals surface area contributed by atoms with Crippen LogP contribution in [0.2, 0.25) is 0 Å². The summed E-state index contributed by atoms with van der Waals surface area (Å²) in [6.45, 7) is 2.92. The first kappa shape index (κ1) is 11.2. The second-order valence-electron chi connectivity index (χ2n) is 5.18. The fraction of sp³-hybridized carbons (Fsp3) is 0.769. The van der Waals surface area contributed by atoms with Crippen LogP contribution in [0.3, 0.4) is 0 Å². The molecule has 2 saturated heterocycles. The zero-order chi connectivity index (χ0) is 11.7. The van der Waals surface area contributed by atoms with Gasteiger partial charge in [0.1, 0.15) is 0 Å². The largest absolute Gasteiger partial charge is 0.381 e. The molecule has 3 rings (SSSR count). The number of nitrogens with one attached hydrogen (secondary N) is 1. The number of aromatic nitrogens is 2. The minimum atomic E-state index is 0.529. The second-order valence-corrected chi connectivity index (χ2v) is 5.18. The van der Waals surface area contributed by atoms with E-state index in [1.165, 1.54) is 24.1 Å². The third kappa shape index (κ3) is 2.24. The predicted octanol–water partition coefficient (Wildman–Crippen LogP) is 1.74. The molecule has 0 aromatic carbocycles. The maximum absolute atomic E-state index is 5.44. The Morgan fingerprint density at radius 2 is 2.18 bits per heavy atom. The molecule has 0 saturated carbocycles. The van der Waals surface area contributed by atoms with Crippen molar-refractivity contribution in [3.63, 3.8) is 0 Å². The van der Waals surface area contributed by atoms with Gasteiger partial charge in [-0.2, -0.15) is 5.10 Å². The van der Waals surface area contributed by atoms with E-state index in [0.717, 1.165) is 32.6 Å². The van der Waals surface area contributed by atoms with Gasteiger partial charge in [-0.15, -0.1) is 0 Å². The van der Waals surface area contributed by atoms with E-state index in [0.29, 0.717) is 12.0 Å². The van der Waals surface area contributed by atoms with Crippen molar-refractivity contribution >= 4 is 0 Å². The average Bonchev–Trinajstić information content (AvgIpc) is 2.98. The molecule has 0 bridgehead atoms. The van der Waals surface area contributed by atoms with Crippen molar-refractivity contribution in [1.29, 1.82) is 0 Å². The van der Waals surface area contributed by atoms with Gasteiger partial charge in [0.2, 0.25) is 0 Å². The Morgan fingerprint density at radius 1 is 1.35 bits per heavy atom. The molecule has 2 aliphatic heterocycles. The topological polar surface area (TPSA) is 39.1 Å². The molecule has 0 radical (unpaired) electrons. The number of hydrogen-bond donors (Lipinski definition) is 1. The Kier molecular flexibility index (Phi) is 3.16. The molecule has 1 aromatic rings. The van der Waals surface area contributed by atoms with Crippen molar-refractivity contribution in [2.75, 3.05) is 19.8 Å². The molecule has 0 spiro atoms. The van der Waals surface area contributed by atoms with E-state index in [1.54, 1.807) is 0 Å². The van der Waals surface area contributed by atoms with E-state index in [-0.39, 0.29) is 0 Å². The smallest absolute Gasteiger partial charge is 0.0704 e. The van der Waals surface area contributed by atoms with Gasteiger partial charge in [0.05, 0.1) is 5.69 Å². The highest BCUT2D eigenvalue weighted by Gasteiger charge is 2.27. The fourth-order valence-electron chi connectivity index (χ4n) is 3.03. The van der Waals surface area contributed by atoms with Gasteiger partial charge in [0, 0.05) is 44.0 Å². The maximum atomic E-state index is 5.44. The molecule has 94 valence electrons. The summed E-state index contributed by atoms with van der Waals surface area (Å²) in [7, 11) is 2.03. The summed E-state index contributed by atoms with van der Waals surface area (Å²) in [5.41, 5.74) is 2.74. The van der Waals surface area contributed by atoms with Crippen LogP contribution >= 0.6 is 0 Å². The van der Waals surface area contributed by atoms with Crippen molar-refractivity contribution in [1.82, 2.24) is 15.1 Å². The Balaban J connectivity index is 1.86. The number of ether oxygens (including phenoxy) is 1. The normalized spacial score (nSPS) is 26.5. The monoisotopic (exact) mass is 235 g/mol. The van der Waals surface area contributed by atoms with E-state index in [2.05, 4.69) is 11.5 Å². The lowest BCUT2D eigenvalue weighted by Crippen LogP contribution is -2.19. The molecule has 17 heavy (non-hydrogen) atoms. The van der Waals surface area contributed by atoms with Gasteiger partial charge in [-0.25, -0.2) is 0 Å². The van der Waals surface area contributed by atoms with E-state index < -0.39 is 0 Å². The first-order chi connectivity index (χ1) is 8.34. The van der Waals surface area contributed by atoms with Gasteiger partial charge in [-0.3, -0.25) is 4.68 Å². The van der Waals surface area contributed by atoms with Crippen LogP contribution in [0.5, 0.6) is 0 Å². The fourth-order valence-corrected chi connectivity index (χ4v) is 3.03. The molecule has 0 amide bonds. The van der Waals surface area contributed by atoms with Crippen LogP contribution in [0, 0.1) is 0 Å². The molecule has 4 heteroatoms. The molecule has 2 fully saturated rings. The number of rotatable bonds is 2. The Morgan fingerprint density at radius 3 is 2.88 bits per heavy atom. The van der Waals surface area contributed by atoms with E-state index in [9.17, 15) is 0 Å². The molecule has 4 nitrogen and oxygen atoms in total. The van der Waals surface area contributed by atoms with Crippen LogP contribution in [0.15, 0.2) is 6.20 Å². The summed E-state index contributed by atoms with van der Waals surface area (Å²) < 4.78 is 7.42. The first-order valence-electron chi connectivity index (χ1n) is 6.69. The van der Waals surface area contributed by atoms with Crippen LogP contribution in [0.1, 0.15) is 48.9 Å². The summed E-state index contributed by atoms with van der Waals surface area (Å²) in [6.07, 6.45) is 6.98. The molecular formula is C13H21N3O. The minimum absolute atomic E-state index is 0.529. The van der Waals surface area contributed by atoms with Gasteiger partial charge in [0.15, 0.2) is 0 Å². The SMILES string of the molecule is Cn1cc(C2CCCN2)c(C2CCOCC2)n1. The third-order valence-corrected chi connectivity index (χ3v) is 3.93. The van der Waals surface area contributed by atoms with E-state index >= 15 is 0 Å². The molecule has 1 unspecified atom stereocenters. The number of hydrogen-bond acceptors (Lipinski definition) is 3. The lowest BCUT2D eigenvalue weighted by molar-refractivity contribution is 0.0841. The van der Waals surface area contributed by atoms with Crippen LogP contribution in [-0.2, 0) is 11.8 Å². The molecule has 3 heterocycles. The van der Waals surface area contributed by atoms with Gasteiger partial charge in [-0.05, 0) is 32.2 Å². The van der Waals surface area contributed by atoms with Crippen molar-refractivity contribution in [3.05, 3.63) is 17.5 Å². The zero-order valence-corrected chi connectivity index (χ0v) is 10.5. The quantitative estimate of drug-likeness (QED) is 0.848. The molecule has 1 atom stereocenters. The highest BCUT2D eigenvalue weighted by Crippen LogP contribution is 2.33. The van der Waals surface area contributed by atoms with Crippen LogP contribution in [0.25, 0.3) is 0 Å². The van der Waals surface area contributed by atoms with Gasteiger partial charge in [0.25, 0.3) is 0 Å². The zero-order valence-electron chi connectivity index (χ0n) is 10.5. The standard InChI is InChI=1S/C13H21N3O/c1-16-9-11(12-3-2-6-14-12)13(15-16)10-4-7-17-8-5-10/h9-10,12,14H,2-8H2,1H3. The summed E-state index contributed by atoms with van der Waals surface area (Å²) >= 11 is 0. The molecule has 1 N–H and O–H groups in total. The summed E-state index contributed by atoms with van der Waals surface area (Å²) in [5, 5.41) is 8.28. The van der Waals surface area contributed by atoms with Crippen molar-refractivity contribution in [2.45, 2.75) is 37.6 Å². The minimum Gasteiger partial charge on any atom is -0.381 e. The van der Waals surface area contributed by atoms with Crippen molar-refractivity contribution in [2.24, 2.45) is 7.05 Å². The molecular weight excluding hydrogens is 214 g/mol. The Labute approximate surface area is 102 Å². The highest BCUT2D eigenvalue weighted by atomic mass is 16.5. The maximum Gasteiger partial charge on any atom is 0.0704 e. The highest BCUT2D eigenvalue weighted by molar-refractivity contribution is 5.26. The molecule has 2 aliphatic rings. The Bertz CT molecular complexity index is 376. The lowest BCUT2D eigenvalue weighted by Gasteiger charge is -2.22. The summed E-state index contributed by atoms with van der Waals surface area (Å²) in [4.78, 5) is 0. The first-order valence-corrected chi connectivity index (χ1v) is 6.69. The summed E-state index contributed by atoms with van der Waals surface area (Å²) in [5.74, 6) is 0.599. The summed E-state index contributed by atoms with van der Waals surface area (Å²) in [6, 6.07) is 0.529. The molecule has 0 aliphatic carbocycles. The third-order valence-electron chi connectivity index (χ3n) is 3.93. The van der Waals surface area contributed by atoms with E-state index in [4.69, 9.17) is 9.84 Å². The average molecular weight is 235 g/mol. The number of nitrogens with zero attached hydrogens (tertiary/aromatic N) is 2. The van der Waals surface area contributed by atoms with Crippen molar-refractivity contribution in [3.8, 4) is 0 Å².